The van der Waals surface area contributed by atoms with Crippen molar-refractivity contribution >= 4 is 12.6 Å². The fraction of sp³-hybridized carbons (Fsp3) is 0.917. The SMILES string of the molecule is CC=O.CCCCCCCCCC(C)(C=O)C(C)CCCCCCCC. The van der Waals surface area contributed by atoms with Crippen LogP contribution in [0.1, 0.15) is 131 Å². The Kier molecular flexibility index (Phi) is 21.9. The maximum absolute atomic E-state index is 11.6. The van der Waals surface area contributed by atoms with Gasteiger partial charge in [-0.05, 0) is 25.7 Å². The van der Waals surface area contributed by atoms with E-state index >= 15 is 0 Å². The largest absolute Gasteiger partial charge is 0.304 e. The van der Waals surface area contributed by atoms with Crippen molar-refractivity contribution < 1.29 is 9.59 Å². The molecule has 0 radical (unpaired) electrons. The zero-order valence-electron chi connectivity index (χ0n) is 18.7. The van der Waals surface area contributed by atoms with E-state index in [1.54, 1.807) is 0 Å². The average molecular weight is 369 g/mol. The van der Waals surface area contributed by atoms with E-state index in [1.807, 2.05) is 0 Å². The Labute approximate surface area is 164 Å². The Morgan fingerprint density at radius 3 is 1.54 bits per heavy atom. The van der Waals surface area contributed by atoms with Crippen LogP contribution in [0.2, 0.25) is 0 Å². The summed E-state index contributed by atoms with van der Waals surface area (Å²) in [6.45, 7) is 10.5. The van der Waals surface area contributed by atoms with Gasteiger partial charge in [0, 0.05) is 5.41 Å². The zero-order valence-corrected chi connectivity index (χ0v) is 18.7. The first-order chi connectivity index (χ1) is 12.5. The molecule has 26 heavy (non-hydrogen) atoms. The van der Waals surface area contributed by atoms with Crippen LogP contribution >= 0.6 is 0 Å². The predicted octanol–water partition coefficient (Wildman–Crippen LogP) is 7.92. The van der Waals surface area contributed by atoms with Crippen LogP contribution in [-0.4, -0.2) is 12.6 Å². The van der Waals surface area contributed by atoms with Gasteiger partial charge >= 0.3 is 0 Å². The fourth-order valence-corrected chi connectivity index (χ4v) is 3.45. The van der Waals surface area contributed by atoms with Crippen molar-refractivity contribution in [2.45, 2.75) is 131 Å². The predicted molar refractivity (Wildman–Crippen MR) is 116 cm³/mol. The van der Waals surface area contributed by atoms with Gasteiger partial charge in [-0.25, -0.2) is 0 Å². The molecule has 0 rings (SSSR count). The molecule has 0 bridgehead atoms. The molecule has 0 aliphatic carbocycles. The topological polar surface area (TPSA) is 34.1 Å². The maximum atomic E-state index is 11.6. The molecule has 0 amide bonds. The van der Waals surface area contributed by atoms with Gasteiger partial charge in [0.05, 0.1) is 0 Å². The molecule has 0 aromatic carbocycles. The van der Waals surface area contributed by atoms with Gasteiger partial charge in [-0.2, -0.15) is 0 Å². The summed E-state index contributed by atoms with van der Waals surface area (Å²) in [5.41, 5.74) is -0.0904. The summed E-state index contributed by atoms with van der Waals surface area (Å²) in [7, 11) is 0. The van der Waals surface area contributed by atoms with Crippen LogP contribution in [0, 0.1) is 11.3 Å². The van der Waals surface area contributed by atoms with Gasteiger partial charge in [0.2, 0.25) is 0 Å². The first-order valence-electron chi connectivity index (χ1n) is 11.4. The summed E-state index contributed by atoms with van der Waals surface area (Å²) in [6, 6.07) is 0. The molecule has 2 atom stereocenters. The first-order valence-corrected chi connectivity index (χ1v) is 11.4. The molecule has 0 aliphatic rings. The highest BCUT2D eigenvalue weighted by Gasteiger charge is 2.29. The normalized spacial score (nSPS) is 14.0. The molecule has 2 heteroatoms. The number of carbonyl (C=O) groups excluding carboxylic acids is 2. The van der Waals surface area contributed by atoms with Gasteiger partial charge in [-0.1, -0.05) is 111 Å². The minimum absolute atomic E-state index is 0.0904. The van der Waals surface area contributed by atoms with Crippen LogP contribution in [0.3, 0.4) is 0 Å². The Hall–Kier alpha value is -0.660. The smallest absolute Gasteiger partial charge is 0.126 e. The summed E-state index contributed by atoms with van der Waals surface area (Å²) in [5, 5.41) is 0. The van der Waals surface area contributed by atoms with E-state index < -0.39 is 0 Å². The molecule has 156 valence electrons. The Morgan fingerprint density at radius 2 is 1.12 bits per heavy atom. The second-order valence-electron chi connectivity index (χ2n) is 8.19. The van der Waals surface area contributed by atoms with Crippen LogP contribution < -0.4 is 0 Å². The van der Waals surface area contributed by atoms with Crippen LogP contribution in [0.5, 0.6) is 0 Å². The van der Waals surface area contributed by atoms with Crippen molar-refractivity contribution in [3.63, 3.8) is 0 Å². The Morgan fingerprint density at radius 1 is 0.731 bits per heavy atom. The van der Waals surface area contributed by atoms with E-state index in [4.69, 9.17) is 4.79 Å². The average Bonchev–Trinajstić information content (AvgIpc) is 2.64. The number of hydrogen-bond acceptors (Lipinski definition) is 2. The lowest BCUT2D eigenvalue weighted by Crippen LogP contribution is -2.27. The standard InChI is InChI=1S/C22H44O.C2H4O/c1-5-7-9-11-13-15-17-19-22(4,20-23)21(3)18-16-14-12-10-8-6-2;1-2-3/h20-21H,5-19H2,1-4H3;2H,1H3. The van der Waals surface area contributed by atoms with Gasteiger partial charge in [0.15, 0.2) is 0 Å². The van der Waals surface area contributed by atoms with E-state index in [0.717, 1.165) is 12.7 Å². The number of hydrogen-bond donors (Lipinski definition) is 0. The minimum atomic E-state index is -0.0904. The molecule has 0 saturated heterocycles. The van der Waals surface area contributed by atoms with Gasteiger partial charge in [0.1, 0.15) is 12.6 Å². The van der Waals surface area contributed by atoms with E-state index in [-0.39, 0.29) is 5.41 Å². The van der Waals surface area contributed by atoms with Gasteiger partial charge in [0.25, 0.3) is 0 Å². The molecule has 0 aliphatic heterocycles. The quantitative estimate of drug-likeness (QED) is 0.193. The summed E-state index contributed by atoms with van der Waals surface area (Å²) in [6.07, 6.45) is 21.7. The van der Waals surface area contributed by atoms with Crippen molar-refractivity contribution in [3.8, 4) is 0 Å². The Balaban J connectivity index is 0. The molecule has 0 fully saturated rings. The molecule has 0 saturated carbocycles. The molecular formula is C24H48O2. The van der Waals surface area contributed by atoms with E-state index in [0.29, 0.717) is 5.92 Å². The molecule has 0 spiro atoms. The third kappa shape index (κ3) is 16.8. The number of rotatable bonds is 17. The van der Waals surface area contributed by atoms with Crippen molar-refractivity contribution in [2.75, 3.05) is 0 Å². The third-order valence-electron chi connectivity index (χ3n) is 5.70. The van der Waals surface area contributed by atoms with Crippen molar-refractivity contribution in [1.29, 1.82) is 0 Å². The van der Waals surface area contributed by atoms with E-state index in [9.17, 15) is 4.79 Å². The van der Waals surface area contributed by atoms with E-state index in [2.05, 4.69) is 27.7 Å². The summed E-state index contributed by atoms with van der Waals surface area (Å²) >= 11 is 0. The summed E-state index contributed by atoms with van der Waals surface area (Å²) in [4.78, 5) is 20.5. The molecule has 0 aromatic heterocycles. The van der Waals surface area contributed by atoms with Gasteiger partial charge in [-0.15, -0.1) is 0 Å². The molecule has 2 nitrogen and oxygen atoms in total. The number of aldehydes is 2. The third-order valence-corrected chi connectivity index (χ3v) is 5.70. The second kappa shape index (κ2) is 20.6. The van der Waals surface area contributed by atoms with Crippen molar-refractivity contribution in [2.24, 2.45) is 11.3 Å². The molecule has 0 N–H and O–H groups in total. The highest BCUT2D eigenvalue weighted by molar-refractivity contribution is 5.59. The number of carbonyl (C=O) groups is 2. The lowest BCUT2D eigenvalue weighted by Gasteiger charge is -2.30. The fourth-order valence-electron chi connectivity index (χ4n) is 3.45. The minimum Gasteiger partial charge on any atom is -0.304 e. The molecule has 2 unspecified atom stereocenters. The molecular weight excluding hydrogens is 320 g/mol. The summed E-state index contributed by atoms with van der Waals surface area (Å²) in [5.74, 6) is 0.534. The first kappa shape index (κ1) is 27.6. The van der Waals surface area contributed by atoms with Crippen molar-refractivity contribution in [3.05, 3.63) is 0 Å². The molecule has 0 aromatic rings. The van der Waals surface area contributed by atoms with Gasteiger partial charge < -0.3 is 9.59 Å². The number of unbranched alkanes of at least 4 members (excludes halogenated alkanes) is 11. The van der Waals surface area contributed by atoms with Crippen molar-refractivity contribution in [1.82, 2.24) is 0 Å². The van der Waals surface area contributed by atoms with Crippen LogP contribution in [0.4, 0.5) is 0 Å². The second-order valence-corrected chi connectivity index (χ2v) is 8.19. The van der Waals surface area contributed by atoms with Gasteiger partial charge in [-0.3, -0.25) is 0 Å². The van der Waals surface area contributed by atoms with Crippen LogP contribution in [-0.2, 0) is 9.59 Å². The lowest BCUT2D eigenvalue weighted by atomic mass is 9.73. The Bertz CT molecular complexity index is 301. The summed E-state index contributed by atoms with van der Waals surface area (Å²) < 4.78 is 0. The van der Waals surface area contributed by atoms with Crippen LogP contribution in [0.25, 0.3) is 0 Å². The zero-order chi connectivity index (χ0) is 20.1. The maximum Gasteiger partial charge on any atom is 0.126 e. The van der Waals surface area contributed by atoms with E-state index in [1.165, 1.54) is 103 Å². The molecule has 0 heterocycles. The highest BCUT2D eigenvalue weighted by Crippen LogP contribution is 2.34. The van der Waals surface area contributed by atoms with Crippen LogP contribution in [0.15, 0.2) is 0 Å². The highest BCUT2D eigenvalue weighted by atomic mass is 16.1. The monoisotopic (exact) mass is 368 g/mol. The lowest BCUT2D eigenvalue weighted by molar-refractivity contribution is -0.118.